The van der Waals surface area contributed by atoms with E-state index in [0.717, 1.165) is 17.1 Å². The summed E-state index contributed by atoms with van der Waals surface area (Å²) in [4.78, 5) is 21.7. The summed E-state index contributed by atoms with van der Waals surface area (Å²) in [7, 11) is 1.51. The van der Waals surface area contributed by atoms with Crippen LogP contribution in [0, 0.1) is 13.8 Å². The lowest BCUT2D eigenvalue weighted by Crippen LogP contribution is -2.13. The summed E-state index contributed by atoms with van der Waals surface area (Å²) in [6.07, 6.45) is 0. The Labute approximate surface area is 203 Å². The van der Waals surface area contributed by atoms with Gasteiger partial charge in [-0.25, -0.2) is 4.98 Å². The Morgan fingerprint density at radius 3 is 2.18 bits per heavy atom. The molecular formula is C26H24ClN5O2. The van der Waals surface area contributed by atoms with E-state index in [-0.39, 0.29) is 5.91 Å². The first-order valence-corrected chi connectivity index (χ1v) is 11.0. The summed E-state index contributed by atoms with van der Waals surface area (Å²) in [6.45, 7) is 3.96. The third kappa shape index (κ3) is 5.82. The first kappa shape index (κ1) is 23.1. The van der Waals surface area contributed by atoms with Crippen molar-refractivity contribution < 1.29 is 9.53 Å². The number of hydrogen-bond acceptors (Lipinski definition) is 6. The van der Waals surface area contributed by atoms with Gasteiger partial charge >= 0.3 is 0 Å². The minimum atomic E-state index is -0.311. The molecule has 0 unspecified atom stereocenters. The smallest absolute Gasteiger partial charge is 0.259 e. The number of benzene rings is 3. The maximum Gasteiger partial charge on any atom is 0.259 e. The summed E-state index contributed by atoms with van der Waals surface area (Å²) in [5, 5.41) is 9.82. The van der Waals surface area contributed by atoms with Crippen LogP contribution in [0.4, 0.5) is 28.8 Å². The van der Waals surface area contributed by atoms with Crippen molar-refractivity contribution in [2.75, 3.05) is 23.1 Å². The van der Waals surface area contributed by atoms with Crippen LogP contribution in [0.25, 0.3) is 0 Å². The highest BCUT2D eigenvalue weighted by Crippen LogP contribution is 2.25. The molecule has 1 aromatic heterocycles. The molecule has 0 radical (unpaired) electrons. The summed E-state index contributed by atoms with van der Waals surface area (Å²) < 4.78 is 5.26. The highest BCUT2D eigenvalue weighted by Gasteiger charge is 2.13. The molecule has 4 rings (SSSR count). The molecule has 0 saturated heterocycles. The number of amides is 1. The Hall–Kier alpha value is -4.10. The fourth-order valence-electron chi connectivity index (χ4n) is 3.30. The fraction of sp³-hybridized carbons (Fsp3) is 0.115. The maximum atomic E-state index is 12.7. The van der Waals surface area contributed by atoms with Gasteiger partial charge in [0.15, 0.2) is 0 Å². The summed E-state index contributed by atoms with van der Waals surface area (Å²) in [5.41, 5.74) is 4.74. The number of nitrogens with zero attached hydrogens (tertiary/aromatic N) is 2. The molecule has 34 heavy (non-hydrogen) atoms. The Morgan fingerprint density at radius 2 is 1.47 bits per heavy atom. The van der Waals surface area contributed by atoms with Crippen molar-refractivity contribution in [1.82, 2.24) is 9.97 Å². The number of nitrogens with one attached hydrogen (secondary N) is 3. The van der Waals surface area contributed by atoms with E-state index in [2.05, 4.69) is 25.9 Å². The predicted molar refractivity (Wildman–Crippen MR) is 137 cm³/mol. The summed E-state index contributed by atoms with van der Waals surface area (Å²) >= 11 is 6.03. The number of halogens is 1. The van der Waals surface area contributed by atoms with Gasteiger partial charge in [0.05, 0.1) is 12.7 Å². The average Bonchev–Trinajstić information content (AvgIpc) is 2.81. The largest absolute Gasteiger partial charge is 0.496 e. The topological polar surface area (TPSA) is 88.2 Å². The molecule has 0 atom stereocenters. The van der Waals surface area contributed by atoms with Crippen LogP contribution in [0.1, 0.15) is 21.6 Å². The first-order valence-electron chi connectivity index (χ1n) is 10.6. The first-order chi connectivity index (χ1) is 16.4. The van der Waals surface area contributed by atoms with Gasteiger partial charge in [0.1, 0.15) is 11.6 Å². The molecule has 8 heteroatoms. The lowest BCUT2D eigenvalue weighted by atomic mass is 10.1. The van der Waals surface area contributed by atoms with Crippen molar-refractivity contribution in [3.63, 3.8) is 0 Å². The Morgan fingerprint density at radius 1 is 0.824 bits per heavy atom. The van der Waals surface area contributed by atoms with Gasteiger partial charge in [0.25, 0.3) is 5.91 Å². The van der Waals surface area contributed by atoms with Crippen LogP contribution in [0.2, 0.25) is 5.02 Å². The van der Waals surface area contributed by atoms with Gasteiger partial charge in [-0.2, -0.15) is 4.98 Å². The zero-order valence-electron chi connectivity index (χ0n) is 19.0. The van der Waals surface area contributed by atoms with E-state index in [1.54, 1.807) is 30.3 Å². The number of methoxy groups -OCH3 is 1. The zero-order valence-corrected chi connectivity index (χ0v) is 19.8. The van der Waals surface area contributed by atoms with Crippen molar-refractivity contribution in [3.05, 3.63) is 94.6 Å². The molecule has 7 nitrogen and oxygen atoms in total. The number of hydrogen-bond donors (Lipinski definition) is 3. The number of carbonyl (C=O) groups excluding carboxylic acids is 1. The van der Waals surface area contributed by atoms with Crippen LogP contribution in [-0.2, 0) is 0 Å². The molecule has 4 aromatic rings. The standard InChI is InChI=1S/C26H24ClN5O2/c1-16-4-7-19(8-5-16)29-24-14-17(2)28-26(32-24)31-21-11-9-20(10-12-21)30-25(33)22-15-18(27)6-13-23(22)34-3/h4-15H,1-3H3,(H,30,33)(H2,28,29,31,32). The van der Waals surface area contributed by atoms with E-state index in [1.165, 1.54) is 12.7 Å². The molecule has 0 saturated carbocycles. The molecule has 0 aliphatic rings. The normalized spacial score (nSPS) is 10.5. The van der Waals surface area contributed by atoms with Crippen LogP contribution in [0.15, 0.2) is 72.8 Å². The van der Waals surface area contributed by atoms with E-state index < -0.39 is 0 Å². The zero-order chi connectivity index (χ0) is 24.1. The molecule has 0 aliphatic carbocycles. The molecule has 0 aliphatic heterocycles. The molecule has 1 amide bonds. The highest BCUT2D eigenvalue weighted by atomic mass is 35.5. The van der Waals surface area contributed by atoms with Crippen LogP contribution >= 0.6 is 11.6 Å². The number of aromatic nitrogens is 2. The predicted octanol–water partition coefficient (Wildman–Crippen LogP) is 6.49. The second kappa shape index (κ2) is 10.2. The van der Waals surface area contributed by atoms with Crippen LogP contribution in [0.3, 0.4) is 0 Å². The second-order valence-corrected chi connectivity index (χ2v) is 8.15. The molecule has 0 bridgehead atoms. The number of anilines is 5. The van der Waals surface area contributed by atoms with Crippen LogP contribution < -0.4 is 20.7 Å². The van der Waals surface area contributed by atoms with Crippen molar-refractivity contribution in [3.8, 4) is 5.75 Å². The van der Waals surface area contributed by atoms with Gasteiger partial charge in [0, 0.05) is 33.8 Å². The minimum absolute atomic E-state index is 0.311. The molecule has 172 valence electrons. The lowest BCUT2D eigenvalue weighted by Gasteiger charge is -2.12. The number of carbonyl (C=O) groups is 1. The molecular weight excluding hydrogens is 450 g/mol. The number of aryl methyl sites for hydroxylation is 2. The summed E-state index contributed by atoms with van der Waals surface area (Å²) in [5.74, 6) is 1.30. The average molecular weight is 474 g/mol. The van der Waals surface area contributed by atoms with E-state index >= 15 is 0 Å². The van der Waals surface area contributed by atoms with Gasteiger partial charge in [-0.15, -0.1) is 0 Å². The highest BCUT2D eigenvalue weighted by molar-refractivity contribution is 6.31. The van der Waals surface area contributed by atoms with Gasteiger partial charge in [-0.1, -0.05) is 29.3 Å². The quantitative estimate of drug-likeness (QED) is 0.284. The Balaban J connectivity index is 1.44. The number of ether oxygens (including phenoxy) is 1. The Kier molecular flexibility index (Phi) is 6.94. The van der Waals surface area contributed by atoms with Crippen molar-refractivity contribution in [2.45, 2.75) is 13.8 Å². The monoisotopic (exact) mass is 473 g/mol. The van der Waals surface area contributed by atoms with Crippen LogP contribution in [-0.4, -0.2) is 23.0 Å². The van der Waals surface area contributed by atoms with Crippen molar-refractivity contribution >= 4 is 46.3 Å². The van der Waals surface area contributed by atoms with E-state index in [1.807, 2.05) is 56.3 Å². The van der Waals surface area contributed by atoms with Gasteiger partial charge < -0.3 is 20.7 Å². The Bertz CT molecular complexity index is 1310. The van der Waals surface area contributed by atoms with Crippen molar-refractivity contribution in [1.29, 1.82) is 0 Å². The third-order valence-electron chi connectivity index (χ3n) is 4.98. The number of rotatable bonds is 7. The second-order valence-electron chi connectivity index (χ2n) is 7.71. The fourth-order valence-corrected chi connectivity index (χ4v) is 3.47. The SMILES string of the molecule is COc1ccc(Cl)cc1C(=O)Nc1ccc(Nc2nc(C)cc(Nc3ccc(C)cc3)n2)cc1. The van der Waals surface area contributed by atoms with E-state index in [9.17, 15) is 4.79 Å². The minimum Gasteiger partial charge on any atom is -0.496 e. The maximum absolute atomic E-state index is 12.7. The summed E-state index contributed by atoms with van der Waals surface area (Å²) in [6, 6.07) is 22.1. The third-order valence-corrected chi connectivity index (χ3v) is 5.22. The van der Waals surface area contributed by atoms with Crippen molar-refractivity contribution in [2.24, 2.45) is 0 Å². The van der Waals surface area contributed by atoms with Crippen LogP contribution in [0.5, 0.6) is 5.75 Å². The molecule has 0 fully saturated rings. The van der Waals surface area contributed by atoms with Gasteiger partial charge in [-0.3, -0.25) is 4.79 Å². The van der Waals surface area contributed by atoms with Gasteiger partial charge in [0.2, 0.25) is 5.95 Å². The molecule has 0 spiro atoms. The molecule has 3 N–H and O–H groups in total. The van der Waals surface area contributed by atoms with E-state index in [4.69, 9.17) is 16.3 Å². The molecule has 3 aromatic carbocycles. The molecule has 1 heterocycles. The lowest BCUT2D eigenvalue weighted by molar-refractivity contribution is 0.102. The van der Waals surface area contributed by atoms with Gasteiger partial charge in [-0.05, 0) is 68.4 Å². The van der Waals surface area contributed by atoms with E-state index in [0.29, 0.717) is 33.8 Å².